The number of carbonyl (C=O) groups excluding carboxylic acids is 8. The van der Waals surface area contributed by atoms with E-state index in [2.05, 4.69) is 19.2 Å². The fourth-order valence-corrected chi connectivity index (χ4v) is 13.0. The predicted octanol–water partition coefficient (Wildman–Crippen LogP) is 14.2. The number of unbranched alkanes of at least 4 members (excludes halogenated alkanes) is 23. The molecule has 0 spiro atoms. The summed E-state index contributed by atoms with van der Waals surface area (Å²) in [6.45, 7) is 10.7. The molecule has 0 saturated carbocycles. The Balaban J connectivity index is 1.63. The van der Waals surface area contributed by atoms with E-state index in [0.29, 0.717) is 12.8 Å². The minimum Gasteiger partial charge on any atom is -0.463 e. The first-order valence-corrected chi connectivity index (χ1v) is 36.8. The van der Waals surface area contributed by atoms with Crippen molar-refractivity contribution in [3.8, 4) is 0 Å². The second-order valence-corrected chi connectivity index (χ2v) is 26.3. The second-order valence-electron chi connectivity index (χ2n) is 26.3. The summed E-state index contributed by atoms with van der Waals surface area (Å²) in [5.41, 5.74) is 1.08. The Labute approximate surface area is 593 Å². The van der Waals surface area contributed by atoms with Crippen molar-refractivity contribution in [2.24, 2.45) is 0 Å². The topological polar surface area (TPSA) is 259 Å². The van der Waals surface area contributed by atoms with Crippen LogP contribution in [0.3, 0.4) is 0 Å². The van der Waals surface area contributed by atoms with Gasteiger partial charge in [-0.2, -0.15) is 0 Å². The molecule has 0 aliphatic carbocycles. The maximum atomic E-state index is 14.8. The van der Waals surface area contributed by atoms with Gasteiger partial charge in [0.05, 0.1) is 12.6 Å². The first-order valence-electron chi connectivity index (χ1n) is 36.8. The molecule has 21 nitrogen and oxygen atoms in total. The Morgan fingerprint density at radius 2 is 0.770 bits per heavy atom. The number of rotatable bonds is 48. The molecule has 100 heavy (non-hydrogen) atoms. The zero-order valence-corrected chi connectivity index (χ0v) is 60.9. The number of hydrogen-bond donors (Lipinski definition) is 1. The summed E-state index contributed by atoms with van der Waals surface area (Å²) in [4.78, 5) is 106. The lowest BCUT2D eigenvalue weighted by Gasteiger charge is -2.49. The minimum absolute atomic E-state index is 0.178. The second kappa shape index (κ2) is 47.2. The van der Waals surface area contributed by atoms with Crippen molar-refractivity contribution in [1.82, 2.24) is 5.32 Å². The highest BCUT2D eigenvalue weighted by Crippen LogP contribution is 2.42. The lowest BCUT2D eigenvalue weighted by atomic mass is 9.80. The third-order valence-electron chi connectivity index (χ3n) is 17.7. The summed E-state index contributed by atoms with van der Waals surface area (Å²) >= 11 is 0. The summed E-state index contributed by atoms with van der Waals surface area (Å²) in [7, 11) is 0. The largest absolute Gasteiger partial charge is 0.463 e. The van der Waals surface area contributed by atoms with Crippen molar-refractivity contribution in [2.45, 2.75) is 308 Å². The van der Waals surface area contributed by atoms with Crippen molar-refractivity contribution in [2.75, 3.05) is 19.8 Å². The molecule has 1 amide bonds. The van der Waals surface area contributed by atoms with Crippen LogP contribution in [0.4, 0.5) is 0 Å². The number of nitrogens with one attached hydrogen (secondary N) is 1. The van der Waals surface area contributed by atoms with Gasteiger partial charge in [-0.25, -0.2) is 0 Å². The fourth-order valence-electron chi connectivity index (χ4n) is 13.0. The Bertz CT molecular complexity index is 2790. The number of carbonyl (C=O) groups is 8. The third-order valence-corrected chi connectivity index (χ3v) is 17.7. The molecule has 12 atom stereocenters. The van der Waals surface area contributed by atoms with Crippen LogP contribution in [-0.4, -0.2) is 141 Å². The van der Waals surface area contributed by atoms with Crippen LogP contribution in [0.5, 0.6) is 0 Å². The molecule has 2 heterocycles. The molecule has 2 saturated heterocycles. The minimum atomic E-state index is -1.90. The zero-order chi connectivity index (χ0) is 72.5. The number of hydrogen-bond acceptors (Lipinski definition) is 20. The number of esters is 7. The van der Waals surface area contributed by atoms with Gasteiger partial charge < -0.3 is 62.2 Å². The van der Waals surface area contributed by atoms with Crippen molar-refractivity contribution in [1.29, 1.82) is 0 Å². The quantitative estimate of drug-likeness (QED) is 0.0181. The van der Waals surface area contributed by atoms with E-state index in [1.165, 1.54) is 96.3 Å². The summed E-state index contributed by atoms with van der Waals surface area (Å²) in [5, 5.41) is 3.32. The van der Waals surface area contributed by atoms with E-state index in [1.54, 1.807) is 0 Å². The molecule has 2 fully saturated rings. The lowest BCUT2D eigenvalue weighted by molar-refractivity contribution is -0.363. The average Bonchev–Trinajstić information content (AvgIpc) is 0.769. The van der Waals surface area contributed by atoms with Gasteiger partial charge >= 0.3 is 41.8 Å². The van der Waals surface area contributed by atoms with E-state index in [-0.39, 0.29) is 18.9 Å². The van der Waals surface area contributed by atoms with Crippen LogP contribution < -0.4 is 5.32 Å². The molecule has 0 aromatic heterocycles. The van der Waals surface area contributed by atoms with Crippen LogP contribution in [-0.2, 0) is 101 Å². The van der Waals surface area contributed by atoms with Gasteiger partial charge in [0, 0.05) is 54.9 Å². The highest BCUT2D eigenvalue weighted by atomic mass is 16.8. The highest BCUT2D eigenvalue weighted by molar-refractivity contribution is 5.76. The molecule has 2 aliphatic heterocycles. The monoisotopic (exact) mass is 1400 g/mol. The smallest absolute Gasteiger partial charge is 0.303 e. The molecule has 0 unspecified atom stereocenters. The molecule has 2 aliphatic rings. The number of amides is 1. The molecule has 3 aromatic rings. The van der Waals surface area contributed by atoms with E-state index in [4.69, 9.17) is 56.8 Å². The molecule has 21 heteroatoms. The Hall–Kier alpha value is -7.04. The first kappa shape index (κ1) is 83.6. The van der Waals surface area contributed by atoms with Gasteiger partial charge in [0.15, 0.2) is 43.1 Å². The molecule has 3 aromatic carbocycles. The Kier molecular flexibility index (Phi) is 39.5. The van der Waals surface area contributed by atoms with Crippen LogP contribution >= 0.6 is 0 Å². The molecular formula is C79H115NO20. The van der Waals surface area contributed by atoms with Gasteiger partial charge in [0.25, 0.3) is 0 Å². The number of benzene rings is 3. The summed E-state index contributed by atoms with van der Waals surface area (Å²) in [6, 6.07) is 28.3. The molecule has 1 N–H and O–H groups in total. The third kappa shape index (κ3) is 29.9. The predicted molar refractivity (Wildman–Crippen MR) is 376 cm³/mol. The van der Waals surface area contributed by atoms with E-state index < -0.39 is 134 Å². The van der Waals surface area contributed by atoms with Crippen LogP contribution in [0.25, 0.3) is 0 Å². The van der Waals surface area contributed by atoms with Crippen molar-refractivity contribution in [3.63, 3.8) is 0 Å². The molecular weight excluding hydrogens is 1280 g/mol. The van der Waals surface area contributed by atoms with Gasteiger partial charge in [-0.05, 0) is 36.0 Å². The lowest BCUT2D eigenvalue weighted by Crippen LogP contribution is -2.67. The summed E-state index contributed by atoms with van der Waals surface area (Å²) in [6.07, 6.45) is 13.6. The molecule has 5 rings (SSSR count). The van der Waals surface area contributed by atoms with Gasteiger partial charge in [-0.1, -0.05) is 258 Å². The maximum Gasteiger partial charge on any atom is 0.303 e. The maximum absolute atomic E-state index is 14.8. The average molecular weight is 1400 g/mol. The Morgan fingerprint density at radius 3 is 1.18 bits per heavy atom. The Morgan fingerprint density at radius 1 is 0.420 bits per heavy atom. The van der Waals surface area contributed by atoms with Crippen molar-refractivity contribution in [3.05, 3.63) is 120 Å². The zero-order valence-electron chi connectivity index (χ0n) is 60.9. The molecule has 0 radical (unpaired) electrons. The normalized spacial score (nSPS) is 21.2. The number of ether oxygens (including phenoxy) is 12. The number of allylic oxidation sites excluding steroid dienone is 1. The van der Waals surface area contributed by atoms with Gasteiger partial charge in [0.2, 0.25) is 5.91 Å². The van der Waals surface area contributed by atoms with E-state index in [1.807, 2.05) is 103 Å². The van der Waals surface area contributed by atoms with Crippen molar-refractivity contribution >= 4 is 47.7 Å². The fraction of sp³-hybridized carbons (Fsp3) is 0.646. The first-order chi connectivity index (χ1) is 48.3. The van der Waals surface area contributed by atoms with Gasteiger partial charge in [0.1, 0.15) is 43.2 Å². The van der Waals surface area contributed by atoms with E-state index in [0.717, 1.165) is 117 Å². The SMILES string of the molecule is CCCCCCCCCCCCC/C=C/[C@@H](O[C@@H]1O[C@H](COC(C)=O)[C@H](O[C@H]2O[C@H](COC(C)=O)[C@H](OC(C)=O)[C@H](OC(C)=O)[C@H]2OC(C)=O)[C@H](OC(C)=O)[C@H]1OC(C)=O)[C@H](COC(c1ccccc1)(c1ccccc1)c1ccccc1)NC(=O)CCCCCCCCCCCCCCC. The van der Waals surface area contributed by atoms with Crippen LogP contribution in [0.15, 0.2) is 103 Å². The van der Waals surface area contributed by atoms with Gasteiger partial charge in [-0.3, -0.25) is 38.4 Å². The summed E-state index contributed by atoms with van der Waals surface area (Å²) in [5.74, 6) is -6.36. The summed E-state index contributed by atoms with van der Waals surface area (Å²) < 4.78 is 74.9. The van der Waals surface area contributed by atoms with Gasteiger partial charge in [-0.15, -0.1) is 0 Å². The standard InChI is InChI=1S/C79H115NO20/c1-10-12-14-16-18-20-22-24-26-28-30-32-43-51-67(66(80-70(88)52-44-33-31-29-27-25-23-21-19-17-15-13-11-2)53-91-79(63-45-37-34-38-46-63,64-47-39-35-40-48-64)65-49-41-36-42-50-65)97-77-75(95-61(8)86)74(94-60(7)85)72(69(98-77)55-90-57(4)82)100-78-76(96-62(9)87)73(93-59(6)84)71(92-58(5)83)68(99-78)54-89-56(3)81/h34-43,45-51,66-69,71-78H,10-33,44,52-55H2,1-9H3,(H,80,88)/b51-43+/t66-,67+,68+,69+,71-,72-,73-,74-,75+,76+,77+,78+/m0/s1. The molecule has 556 valence electrons. The van der Waals surface area contributed by atoms with Crippen molar-refractivity contribution < 1.29 is 95.2 Å². The van der Waals surface area contributed by atoms with Crippen LogP contribution in [0, 0.1) is 0 Å². The molecule has 0 bridgehead atoms. The van der Waals surface area contributed by atoms with E-state index >= 15 is 0 Å². The van der Waals surface area contributed by atoms with Crippen LogP contribution in [0.1, 0.15) is 246 Å². The van der Waals surface area contributed by atoms with Crippen LogP contribution in [0.2, 0.25) is 0 Å². The highest BCUT2D eigenvalue weighted by Gasteiger charge is 2.58. The van der Waals surface area contributed by atoms with E-state index in [9.17, 15) is 38.4 Å².